The maximum Gasteiger partial charge on any atom is 0.0966 e. The van der Waals surface area contributed by atoms with Crippen LogP contribution in [0.1, 0.15) is 17.2 Å². The fourth-order valence-corrected chi connectivity index (χ4v) is 2.58. The van der Waals surface area contributed by atoms with Gasteiger partial charge in [0.1, 0.15) is 0 Å². The van der Waals surface area contributed by atoms with Gasteiger partial charge in [-0.1, -0.05) is 24.3 Å². The van der Waals surface area contributed by atoms with Crippen molar-refractivity contribution in [2.75, 3.05) is 39.5 Å². The monoisotopic (exact) mass is 248 g/mol. The van der Waals surface area contributed by atoms with E-state index in [-0.39, 0.29) is 6.10 Å². The lowest BCUT2D eigenvalue weighted by atomic mass is 9.98. The van der Waals surface area contributed by atoms with Crippen LogP contribution in [0.25, 0.3) is 0 Å². The summed E-state index contributed by atoms with van der Waals surface area (Å²) in [6, 6.07) is 8.59. The fourth-order valence-electron chi connectivity index (χ4n) is 2.58. The summed E-state index contributed by atoms with van der Waals surface area (Å²) in [5, 5.41) is 2.23. The summed E-state index contributed by atoms with van der Waals surface area (Å²) in [5.41, 5.74) is 6.23. The van der Waals surface area contributed by atoms with Gasteiger partial charge in [0, 0.05) is 19.6 Å². The van der Waals surface area contributed by atoms with Crippen molar-refractivity contribution in [3.63, 3.8) is 0 Å². The lowest BCUT2D eigenvalue weighted by Gasteiger charge is -2.31. The number of fused-ring (bicyclic) bond motifs is 1. The maximum atomic E-state index is 5.88. The number of rotatable bonds is 3. The molecule has 1 aromatic carbocycles. The van der Waals surface area contributed by atoms with Crippen LogP contribution in [0.5, 0.6) is 0 Å². The number of nitrogens with one attached hydrogen (secondary N) is 1. The molecule has 1 unspecified atom stereocenters. The van der Waals surface area contributed by atoms with E-state index in [1.54, 1.807) is 0 Å². The lowest BCUT2D eigenvalue weighted by Crippen LogP contribution is -2.47. The highest BCUT2D eigenvalue weighted by Crippen LogP contribution is 2.26. The summed E-state index contributed by atoms with van der Waals surface area (Å²) in [6.45, 7) is 5.20. The molecule has 0 aliphatic carbocycles. The van der Waals surface area contributed by atoms with Crippen LogP contribution in [0.3, 0.4) is 0 Å². The molecule has 1 aromatic rings. The molecule has 98 valence electrons. The smallest absolute Gasteiger partial charge is 0.0966 e. The summed E-state index contributed by atoms with van der Waals surface area (Å²) >= 11 is 0. The summed E-state index contributed by atoms with van der Waals surface area (Å²) < 4.78 is 11.2. The van der Waals surface area contributed by atoms with Crippen LogP contribution in [0.15, 0.2) is 24.3 Å². The second-order valence-electron chi connectivity index (χ2n) is 4.77. The molecule has 4 nitrogen and oxygen atoms in total. The van der Waals surface area contributed by atoms with Crippen LogP contribution in [0, 0.1) is 0 Å². The number of hydrogen-bond acceptors (Lipinski definition) is 4. The molecule has 1 saturated heterocycles. The van der Waals surface area contributed by atoms with E-state index < -0.39 is 0 Å². The number of morpholine rings is 1. The molecule has 1 N–H and O–H groups in total. The normalized spacial score (nSPS) is 24.8. The Morgan fingerprint density at radius 1 is 1.17 bits per heavy atom. The largest absolute Gasteiger partial charge is 0.379 e. The minimum Gasteiger partial charge on any atom is -0.379 e. The average Bonchev–Trinajstić information content (AvgIpc) is 2.46. The van der Waals surface area contributed by atoms with Crippen molar-refractivity contribution >= 4 is 0 Å². The second-order valence-corrected chi connectivity index (χ2v) is 4.77. The van der Waals surface area contributed by atoms with E-state index in [9.17, 15) is 0 Å². The Balaban J connectivity index is 1.60. The van der Waals surface area contributed by atoms with E-state index in [2.05, 4.69) is 34.7 Å². The van der Waals surface area contributed by atoms with Gasteiger partial charge in [-0.05, 0) is 17.5 Å². The average molecular weight is 248 g/mol. The van der Waals surface area contributed by atoms with E-state index in [1.165, 1.54) is 11.1 Å². The zero-order chi connectivity index (χ0) is 12.2. The summed E-state index contributed by atoms with van der Waals surface area (Å²) in [7, 11) is 0. The Morgan fingerprint density at radius 2 is 2.00 bits per heavy atom. The first kappa shape index (κ1) is 12.1. The molecule has 2 aliphatic rings. The molecule has 2 heterocycles. The third-order valence-corrected chi connectivity index (χ3v) is 3.60. The molecular weight excluding hydrogens is 228 g/mol. The Kier molecular flexibility index (Phi) is 3.90. The van der Waals surface area contributed by atoms with Crippen molar-refractivity contribution in [1.82, 2.24) is 10.4 Å². The number of hydrogen-bond donors (Lipinski definition) is 1. The predicted molar refractivity (Wildman–Crippen MR) is 69.2 cm³/mol. The Hall–Kier alpha value is -0.940. The van der Waals surface area contributed by atoms with Crippen LogP contribution >= 0.6 is 0 Å². The van der Waals surface area contributed by atoms with Gasteiger partial charge in [0.15, 0.2) is 0 Å². The fraction of sp³-hybridized carbons (Fsp3) is 0.571. The van der Waals surface area contributed by atoms with Crippen molar-refractivity contribution in [2.24, 2.45) is 0 Å². The van der Waals surface area contributed by atoms with Crippen molar-refractivity contribution in [2.45, 2.75) is 12.5 Å². The van der Waals surface area contributed by atoms with Gasteiger partial charge in [0.05, 0.1) is 25.9 Å². The highest BCUT2D eigenvalue weighted by Gasteiger charge is 2.21. The zero-order valence-corrected chi connectivity index (χ0v) is 10.6. The topological polar surface area (TPSA) is 33.7 Å². The standard InChI is InChI=1S/C14H20N2O2/c1-2-4-13-12(3-1)5-8-18-14(13)11-15-16-6-9-17-10-7-16/h1-4,14-15H,5-11H2. The van der Waals surface area contributed by atoms with Crippen LogP contribution in [0.2, 0.25) is 0 Å². The van der Waals surface area contributed by atoms with Crippen LogP contribution < -0.4 is 5.43 Å². The quantitative estimate of drug-likeness (QED) is 0.869. The molecule has 0 radical (unpaired) electrons. The third kappa shape index (κ3) is 2.72. The molecular formula is C14H20N2O2. The Labute approximate surface area is 108 Å². The minimum absolute atomic E-state index is 0.179. The molecule has 3 rings (SSSR count). The summed E-state index contributed by atoms with van der Waals surface area (Å²) in [4.78, 5) is 0. The van der Waals surface area contributed by atoms with Gasteiger partial charge in [-0.3, -0.25) is 5.43 Å². The van der Waals surface area contributed by atoms with E-state index in [0.717, 1.165) is 45.9 Å². The van der Waals surface area contributed by atoms with Crippen molar-refractivity contribution in [1.29, 1.82) is 0 Å². The molecule has 2 aliphatic heterocycles. The molecule has 0 spiro atoms. The van der Waals surface area contributed by atoms with Crippen LogP contribution in [-0.2, 0) is 15.9 Å². The SMILES string of the molecule is c1ccc2c(c1)CCOC2CNN1CCOCC1. The lowest BCUT2D eigenvalue weighted by molar-refractivity contribution is -0.0130. The molecule has 0 bridgehead atoms. The van der Waals surface area contributed by atoms with Gasteiger partial charge in [0.2, 0.25) is 0 Å². The Bertz CT molecular complexity index is 391. The molecule has 4 heteroatoms. The van der Waals surface area contributed by atoms with E-state index in [4.69, 9.17) is 9.47 Å². The first-order valence-corrected chi connectivity index (χ1v) is 6.69. The molecule has 0 amide bonds. The molecule has 0 aromatic heterocycles. The third-order valence-electron chi connectivity index (χ3n) is 3.60. The summed E-state index contributed by atoms with van der Waals surface area (Å²) in [5.74, 6) is 0. The van der Waals surface area contributed by atoms with Gasteiger partial charge in [-0.2, -0.15) is 0 Å². The number of ether oxygens (including phenoxy) is 2. The molecule has 1 fully saturated rings. The molecule has 0 saturated carbocycles. The molecule has 1 atom stereocenters. The summed E-state index contributed by atoms with van der Waals surface area (Å²) in [6.07, 6.45) is 1.21. The number of hydrazine groups is 1. The van der Waals surface area contributed by atoms with Gasteiger partial charge in [0.25, 0.3) is 0 Å². The number of benzene rings is 1. The minimum atomic E-state index is 0.179. The van der Waals surface area contributed by atoms with Crippen molar-refractivity contribution in [3.8, 4) is 0 Å². The second kappa shape index (κ2) is 5.80. The highest BCUT2D eigenvalue weighted by molar-refractivity contribution is 5.31. The van der Waals surface area contributed by atoms with Gasteiger partial charge < -0.3 is 9.47 Å². The Morgan fingerprint density at radius 3 is 2.89 bits per heavy atom. The predicted octanol–water partition coefficient (Wildman–Crippen LogP) is 1.14. The van der Waals surface area contributed by atoms with Crippen LogP contribution in [0.4, 0.5) is 0 Å². The van der Waals surface area contributed by atoms with Gasteiger partial charge in [-0.25, -0.2) is 5.01 Å². The van der Waals surface area contributed by atoms with Gasteiger partial charge in [-0.15, -0.1) is 0 Å². The number of nitrogens with zero attached hydrogens (tertiary/aromatic N) is 1. The first-order valence-electron chi connectivity index (χ1n) is 6.69. The molecule has 18 heavy (non-hydrogen) atoms. The van der Waals surface area contributed by atoms with E-state index >= 15 is 0 Å². The van der Waals surface area contributed by atoms with Crippen LogP contribution in [-0.4, -0.2) is 44.5 Å². The highest BCUT2D eigenvalue weighted by atomic mass is 16.5. The van der Waals surface area contributed by atoms with Gasteiger partial charge >= 0.3 is 0 Å². The zero-order valence-electron chi connectivity index (χ0n) is 10.6. The van der Waals surface area contributed by atoms with E-state index in [0.29, 0.717) is 0 Å². The maximum absolute atomic E-state index is 5.88. The van der Waals surface area contributed by atoms with Crippen molar-refractivity contribution in [3.05, 3.63) is 35.4 Å². The van der Waals surface area contributed by atoms with E-state index in [1.807, 2.05) is 0 Å². The van der Waals surface area contributed by atoms with Crippen molar-refractivity contribution < 1.29 is 9.47 Å². The first-order chi connectivity index (χ1) is 8.93.